The summed E-state index contributed by atoms with van der Waals surface area (Å²) >= 11 is 4.31. The molecule has 1 nitrogen and oxygen atoms in total. The van der Waals surface area contributed by atoms with Crippen LogP contribution in [0.15, 0.2) is 0 Å². The molecule has 1 aliphatic rings. The number of thiol groups is 1. The van der Waals surface area contributed by atoms with E-state index in [1.54, 1.807) is 0 Å². The topological polar surface area (TPSA) is 9.23 Å². The van der Waals surface area contributed by atoms with Crippen LogP contribution in [0.5, 0.6) is 0 Å². The van der Waals surface area contributed by atoms with Crippen LogP contribution in [-0.2, 0) is 4.74 Å². The first-order valence-corrected chi connectivity index (χ1v) is 6.06. The molecule has 0 spiro atoms. The van der Waals surface area contributed by atoms with Crippen molar-refractivity contribution in [2.75, 3.05) is 12.4 Å². The summed E-state index contributed by atoms with van der Waals surface area (Å²) in [7, 11) is 0. The fourth-order valence-electron chi connectivity index (χ4n) is 2.58. The van der Waals surface area contributed by atoms with Crippen molar-refractivity contribution in [3.8, 4) is 0 Å². The maximum Gasteiger partial charge on any atom is 0.0606 e. The van der Waals surface area contributed by atoms with Gasteiger partial charge >= 0.3 is 0 Å². The Labute approximate surface area is 87.7 Å². The molecule has 3 atom stereocenters. The third-order valence-corrected chi connectivity index (χ3v) is 3.43. The number of rotatable bonds is 4. The second-order valence-electron chi connectivity index (χ2n) is 4.37. The van der Waals surface area contributed by atoms with Gasteiger partial charge in [-0.3, -0.25) is 0 Å². The van der Waals surface area contributed by atoms with Crippen molar-refractivity contribution in [3.63, 3.8) is 0 Å². The minimum absolute atomic E-state index is 0.505. The zero-order chi connectivity index (χ0) is 9.84. The zero-order valence-electron chi connectivity index (χ0n) is 8.99. The molecule has 3 unspecified atom stereocenters. The van der Waals surface area contributed by atoms with Crippen molar-refractivity contribution in [3.05, 3.63) is 0 Å². The summed E-state index contributed by atoms with van der Waals surface area (Å²) < 4.78 is 5.81. The van der Waals surface area contributed by atoms with Gasteiger partial charge in [0.15, 0.2) is 0 Å². The van der Waals surface area contributed by atoms with E-state index in [4.69, 9.17) is 4.74 Å². The van der Waals surface area contributed by atoms with Crippen LogP contribution in [-0.4, -0.2) is 18.5 Å². The molecule has 2 heteroatoms. The Bertz CT molecular complexity index is 147. The molecule has 0 radical (unpaired) electrons. The Morgan fingerprint density at radius 1 is 1.46 bits per heavy atom. The highest BCUT2D eigenvalue weighted by Crippen LogP contribution is 2.36. The van der Waals surface area contributed by atoms with E-state index >= 15 is 0 Å². The van der Waals surface area contributed by atoms with Gasteiger partial charge in [0.05, 0.1) is 12.7 Å². The minimum Gasteiger partial charge on any atom is -0.378 e. The fourth-order valence-corrected chi connectivity index (χ4v) is 2.91. The van der Waals surface area contributed by atoms with E-state index in [-0.39, 0.29) is 0 Å². The van der Waals surface area contributed by atoms with Gasteiger partial charge in [0.2, 0.25) is 0 Å². The normalized spacial score (nSPS) is 34.4. The van der Waals surface area contributed by atoms with Crippen molar-refractivity contribution in [1.29, 1.82) is 0 Å². The highest BCUT2D eigenvalue weighted by molar-refractivity contribution is 7.80. The summed E-state index contributed by atoms with van der Waals surface area (Å²) in [5.41, 5.74) is 0. The van der Waals surface area contributed by atoms with Gasteiger partial charge in [-0.05, 0) is 36.3 Å². The average Bonchev–Trinajstić information content (AvgIpc) is 2.48. The quantitative estimate of drug-likeness (QED) is 0.690. The second kappa shape index (κ2) is 5.26. The van der Waals surface area contributed by atoms with Crippen molar-refractivity contribution < 1.29 is 4.74 Å². The summed E-state index contributed by atoms with van der Waals surface area (Å²) in [4.78, 5) is 0. The lowest BCUT2D eigenvalue weighted by molar-refractivity contribution is 0.0765. The molecule has 0 aliphatic carbocycles. The van der Waals surface area contributed by atoms with E-state index < -0.39 is 0 Å². The van der Waals surface area contributed by atoms with E-state index in [2.05, 4.69) is 33.4 Å². The van der Waals surface area contributed by atoms with E-state index in [1.165, 1.54) is 6.42 Å². The average molecular weight is 202 g/mol. The predicted octanol–water partition coefficient (Wildman–Crippen LogP) is 3.00. The minimum atomic E-state index is 0.505. The van der Waals surface area contributed by atoms with Gasteiger partial charge in [-0.1, -0.05) is 20.8 Å². The first-order chi connectivity index (χ1) is 6.20. The maximum absolute atomic E-state index is 5.81. The highest BCUT2D eigenvalue weighted by Gasteiger charge is 2.37. The molecular weight excluding hydrogens is 180 g/mol. The molecule has 78 valence electrons. The summed E-state index contributed by atoms with van der Waals surface area (Å²) in [6, 6.07) is 0. The lowest BCUT2D eigenvalue weighted by atomic mass is 9.80. The van der Waals surface area contributed by atoms with Gasteiger partial charge in [-0.15, -0.1) is 0 Å². The number of hydrogen-bond donors (Lipinski definition) is 1. The molecule has 0 aromatic heterocycles. The Hall–Kier alpha value is 0.310. The monoisotopic (exact) mass is 202 g/mol. The molecule has 1 aliphatic heterocycles. The molecule has 13 heavy (non-hydrogen) atoms. The SMILES string of the molecule is CCC1OCC(CCS)C1C(C)C. The number of hydrogen-bond acceptors (Lipinski definition) is 2. The van der Waals surface area contributed by atoms with Crippen LogP contribution in [0.2, 0.25) is 0 Å². The van der Waals surface area contributed by atoms with E-state index in [9.17, 15) is 0 Å². The van der Waals surface area contributed by atoms with Crippen LogP contribution < -0.4 is 0 Å². The Morgan fingerprint density at radius 2 is 2.15 bits per heavy atom. The third kappa shape index (κ3) is 2.63. The van der Waals surface area contributed by atoms with Crippen LogP contribution in [0, 0.1) is 17.8 Å². The van der Waals surface area contributed by atoms with E-state index in [0.29, 0.717) is 6.10 Å². The van der Waals surface area contributed by atoms with E-state index in [0.717, 1.165) is 36.5 Å². The second-order valence-corrected chi connectivity index (χ2v) is 4.82. The van der Waals surface area contributed by atoms with Crippen molar-refractivity contribution >= 4 is 12.6 Å². The van der Waals surface area contributed by atoms with Gasteiger partial charge in [0, 0.05) is 0 Å². The molecule has 0 aromatic carbocycles. The first-order valence-electron chi connectivity index (χ1n) is 5.43. The summed E-state index contributed by atoms with van der Waals surface area (Å²) in [6.45, 7) is 7.81. The predicted molar refractivity (Wildman–Crippen MR) is 60.3 cm³/mol. The lowest BCUT2D eigenvalue weighted by Crippen LogP contribution is -2.25. The fraction of sp³-hybridized carbons (Fsp3) is 1.00. The molecule has 0 aromatic rings. The van der Waals surface area contributed by atoms with Crippen LogP contribution in [0.4, 0.5) is 0 Å². The molecule has 0 amide bonds. The molecule has 1 heterocycles. The molecule has 1 saturated heterocycles. The van der Waals surface area contributed by atoms with Crippen molar-refractivity contribution in [2.24, 2.45) is 17.8 Å². The van der Waals surface area contributed by atoms with Gasteiger partial charge < -0.3 is 4.74 Å². The maximum atomic E-state index is 5.81. The van der Waals surface area contributed by atoms with E-state index in [1.807, 2.05) is 0 Å². The van der Waals surface area contributed by atoms with Gasteiger partial charge in [0.25, 0.3) is 0 Å². The Morgan fingerprint density at radius 3 is 2.62 bits per heavy atom. The Balaban J connectivity index is 2.56. The van der Waals surface area contributed by atoms with Gasteiger partial charge in [0.1, 0.15) is 0 Å². The molecular formula is C11H22OS. The molecule has 0 saturated carbocycles. The summed E-state index contributed by atoms with van der Waals surface area (Å²) in [5, 5.41) is 0. The summed E-state index contributed by atoms with van der Waals surface area (Å²) in [5.74, 6) is 3.25. The van der Waals surface area contributed by atoms with Crippen molar-refractivity contribution in [2.45, 2.75) is 39.7 Å². The third-order valence-electron chi connectivity index (χ3n) is 3.17. The lowest BCUT2D eigenvalue weighted by Gasteiger charge is -2.25. The highest BCUT2D eigenvalue weighted by atomic mass is 32.1. The van der Waals surface area contributed by atoms with Crippen LogP contribution in [0.25, 0.3) is 0 Å². The zero-order valence-corrected chi connectivity index (χ0v) is 9.89. The largest absolute Gasteiger partial charge is 0.378 e. The standard InChI is InChI=1S/C11H22OS/c1-4-10-11(8(2)3)9(5-6-13)7-12-10/h8-11,13H,4-7H2,1-3H3. The molecule has 1 rings (SSSR count). The van der Waals surface area contributed by atoms with Crippen LogP contribution in [0.3, 0.4) is 0 Å². The molecule has 1 fully saturated rings. The van der Waals surface area contributed by atoms with Gasteiger partial charge in [-0.25, -0.2) is 0 Å². The smallest absolute Gasteiger partial charge is 0.0606 e. The number of ether oxygens (including phenoxy) is 1. The van der Waals surface area contributed by atoms with Crippen LogP contribution in [0.1, 0.15) is 33.6 Å². The summed E-state index contributed by atoms with van der Waals surface area (Å²) in [6.07, 6.45) is 2.87. The van der Waals surface area contributed by atoms with Crippen LogP contribution >= 0.6 is 12.6 Å². The van der Waals surface area contributed by atoms with Crippen molar-refractivity contribution in [1.82, 2.24) is 0 Å². The first kappa shape index (κ1) is 11.4. The van der Waals surface area contributed by atoms with Gasteiger partial charge in [-0.2, -0.15) is 12.6 Å². The molecule has 0 N–H and O–H groups in total. The molecule has 0 bridgehead atoms. The Kier molecular flexibility index (Phi) is 4.60.